The van der Waals surface area contributed by atoms with Gasteiger partial charge in [0.05, 0.1) is 5.56 Å². The lowest BCUT2D eigenvalue weighted by Crippen LogP contribution is -2.54. The topological polar surface area (TPSA) is 110 Å². The second-order valence-electron chi connectivity index (χ2n) is 6.70. The van der Waals surface area contributed by atoms with Crippen LogP contribution in [0.25, 0.3) is 0 Å². The van der Waals surface area contributed by atoms with Gasteiger partial charge in [-0.05, 0) is 31.4 Å². The van der Waals surface area contributed by atoms with E-state index >= 15 is 0 Å². The van der Waals surface area contributed by atoms with E-state index in [2.05, 4.69) is 16.2 Å². The molecule has 2 aromatic rings. The fraction of sp³-hybridized carbons (Fsp3) is 0.350. The molecule has 0 radical (unpaired) electrons. The Balaban J connectivity index is 1.87. The molecule has 28 heavy (non-hydrogen) atoms. The lowest BCUT2D eigenvalue weighted by molar-refractivity contribution is -0.124. The van der Waals surface area contributed by atoms with Crippen molar-refractivity contribution in [3.05, 3.63) is 59.0 Å². The summed E-state index contributed by atoms with van der Waals surface area (Å²) in [5.74, 6) is -0.238. The zero-order valence-corrected chi connectivity index (χ0v) is 16.4. The van der Waals surface area contributed by atoms with Crippen LogP contribution in [0.4, 0.5) is 4.79 Å². The molecule has 150 valence electrons. The Bertz CT molecular complexity index is 830. The molecule has 0 unspecified atom stereocenters. The molecule has 8 heteroatoms. The molecule has 1 atom stereocenters. The number of ether oxygens (including phenoxy) is 1. The van der Waals surface area contributed by atoms with Crippen molar-refractivity contribution >= 4 is 17.9 Å². The normalized spacial score (nSPS) is 11.6. The van der Waals surface area contributed by atoms with Gasteiger partial charge in [0, 0.05) is 0 Å². The Morgan fingerprint density at radius 3 is 2.32 bits per heavy atom. The van der Waals surface area contributed by atoms with Gasteiger partial charge in [0.25, 0.3) is 11.8 Å². The predicted molar refractivity (Wildman–Crippen MR) is 102 cm³/mol. The van der Waals surface area contributed by atoms with Crippen LogP contribution < -0.4 is 16.2 Å². The third kappa shape index (κ3) is 5.87. The first-order valence-electron chi connectivity index (χ1n) is 8.92. The summed E-state index contributed by atoms with van der Waals surface area (Å²) in [6, 6.07) is 9.90. The second-order valence-corrected chi connectivity index (χ2v) is 6.70. The first-order valence-corrected chi connectivity index (χ1v) is 8.92. The zero-order chi connectivity index (χ0) is 20.7. The number of rotatable bonds is 6. The van der Waals surface area contributed by atoms with Gasteiger partial charge in [-0.25, -0.2) is 4.79 Å². The van der Waals surface area contributed by atoms with Crippen molar-refractivity contribution < 1.29 is 23.5 Å². The molecule has 0 bridgehead atoms. The lowest BCUT2D eigenvalue weighted by Gasteiger charge is -2.21. The van der Waals surface area contributed by atoms with Gasteiger partial charge in [-0.1, -0.05) is 44.2 Å². The van der Waals surface area contributed by atoms with Gasteiger partial charge in [0.2, 0.25) is 0 Å². The molecule has 3 amide bonds. The number of hydrazine groups is 1. The maximum atomic E-state index is 12.4. The number of nitrogens with one attached hydrogen (secondary N) is 3. The Kier molecular flexibility index (Phi) is 7.20. The highest BCUT2D eigenvalue weighted by molar-refractivity contribution is 5.97. The Hall–Kier alpha value is -3.29. The summed E-state index contributed by atoms with van der Waals surface area (Å²) in [5, 5.41) is 2.52. The highest BCUT2D eigenvalue weighted by Crippen LogP contribution is 2.13. The molecule has 1 aromatic carbocycles. The van der Waals surface area contributed by atoms with E-state index < -0.39 is 23.9 Å². The smallest absolute Gasteiger partial charge is 0.408 e. The number of carbonyl (C=O) groups excluding carboxylic acids is 3. The average Bonchev–Trinajstić information content (AvgIpc) is 3.01. The van der Waals surface area contributed by atoms with Crippen LogP contribution in [-0.2, 0) is 16.1 Å². The van der Waals surface area contributed by atoms with Crippen LogP contribution in [0.15, 0.2) is 40.8 Å². The second kappa shape index (κ2) is 9.59. The first-order chi connectivity index (χ1) is 13.3. The van der Waals surface area contributed by atoms with Gasteiger partial charge in [-0.3, -0.25) is 20.4 Å². The van der Waals surface area contributed by atoms with Crippen molar-refractivity contribution in [2.45, 2.75) is 40.3 Å². The van der Waals surface area contributed by atoms with Crippen LogP contribution in [-0.4, -0.2) is 23.9 Å². The summed E-state index contributed by atoms with van der Waals surface area (Å²) >= 11 is 0. The molecule has 0 spiro atoms. The van der Waals surface area contributed by atoms with E-state index in [4.69, 9.17) is 9.15 Å². The fourth-order valence-corrected chi connectivity index (χ4v) is 2.55. The number of furan rings is 1. The summed E-state index contributed by atoms with van der Waals surface area (Å²) in [7, 11) is 0. The van der Waals surface area contributed by atoms with E-state index in [9.17, 15) is 14.4 Å². The molecular weight excluding hydrogens is 362 g/mol. The Morgan fingerprint density at radius 1 is 1.07 bits per heavy atom. The SMILES string of the molecule is Cc1cc(C(=O)NNC(=O)[C@@H](NC(=O)OCc2ccccc2)C(C)C)c(C)o1. The third-order valence-electron chi connectivity index (χ3n) is 4.02. The number of alkyl carbamates (subject to hydrolysis) is 1. The molecular formula is C20H25N3O5. The van der Waals surface area contributed by atoms with E-state index in [0.29, 0.717) is 17.1 Å². The van der Waals surface area contributed by atoms with Crippen molar-refractivity contribution in [3.8, 4) is 0 Å². The molecule has 0 aliphatic rings. The first kappa shape index (κ1) is 21.0. The molecule has 2 rings (SSSR count). The number of carbonyl (C=O) groups is 3. The molecule has 8 nitrogen and oxygen atoms in total. The van der Waals surface area contributed by atoms with Crippen LogP contribution in [0.3, 0.4) is 0 Å². The van der Waals surface area contributed by atoms with E-state index in [-0.39, 0.29) is 12.5 Å². The third-order valence-corrected chi connectivity index (χ3v) is 4.02. The molecule has 1 aromatic heterocycles. The predicted octanol–water partition coefficient (Wildman–Crippen LogP) is 2.61. The maximum Gasteiger partial charge on any atom is 0.408 e. The summed E-state index contributed by atoms with van der Waals surface area (Å²) in [6.45, 7) is 7.02. The molecule has 0 saturated heterocycles. The van der Waals surface area contributed by atoms with Crippen LogP contribution in [0, 0.1) is 19.8 Å². The van der Waals surface area contributed by atoms with Gasteiger partial charge < -0.3 is 14.5 Å². The van der Waals surface area contributed by atoms with E-state index in [1.54, 1.807) is 33.8 Å². The van der Waals surface area contributed by atoms with Crippen LogP contribution >= 0.6 is 0 Å². The van der Waals surface area contributed by atoms with Crippen LogP contribution in [0.2, 0.25) is 0 Å². The molecule has 0 saturated carbocycles. The van der Waals surface area contributed by atoms with Crippen molar-refractivity contribution in [2.75, 3.05) is 0 Å². The summed E-state index contributed by atoms with van der Waals surface area (Å²) in [6.07, 6.45) is -0.717. The molecule has 0 aliphatic carbocycles. The molecule has 3 N–H and O–H groups in total. The van der Waals surface area contributed by atoms with Crippen molar-refractivity contribution in [3.63, 3.8) is 0 Å². The van der Waals surface area contributed by atoms with Crippen LogP contribution in [0.5, 0.6) is 0 Å². The highest BCUT2D eigenvalue weighted by Gasteiger charge is 2.25. The number of benzene rings is 1. The Labute approximate surface area is 163 Å². The highest BCUT2D eigenvalue weighted by atomic mass is 16.5. The molecule has 1 heterocycles. The van der Waals surface area contributed by atoms with Gasteiger partial charge in [-0.15, -0.1) is 0 Å². The Morgan fingerprint density at radius 2 is 1.75 bits per heavy atom. The largest absolute Gasteiger partial charge is 0.466 e. The summed E-state index contributed by atoms with van der Waals surface area (Å²) < 4.78 is 10.4. The van der Waals surface area contributed by atoms with Crippen molar-refractivity contribution in [2.24, 2.45) is 5.92 Å². The number of hydrogen-bond acceptors (Lipinski definition) is 5. The van der Waals surface area contributed by atoms with Crippen molar-refractivity contribution in [1.82, 2.24) is 16.2 Å². The van der Waals surface area contributed by atoms with Crippen molar-refractivity contribution in [1.29, 1.82) is 0 Å². The van der Waals surface area contributed by atoms with E-state index in [1.807, 2.05) is 30.3 Å². The number of hydrogen-bond donors (Lipinski definition) is 3. The minimum absolute atomic E-state index is 0.0922. The van der Waals surface area contributed by atoms with Gasteiger partial charge in [-0.2, -0.15) is 0 Å². The zero-order valence-electron chi connectivity index (χ0n) is 16.4. The quantitative estimate of drug-likeness (QED) is 0.660. The maximum absolute atomic E-state index is 12.4. The number of amides is 3. The minimum Gasteiger partial charge on any atom is -0.466 e. The molecule has 0 fully saturated rings. The summed E-state index contributed by atoms with van der Waals surface area (Å²) in [4.78, 5) is 36.6. The lowest BCUT2D eigenvalue weighted by atomic mass is 10.0. The van der Waals surface area contributed by atoms with E-state index in [1.165, 1.54) is 0 Å². The van der Waals surface area contributed by atoms with Gasteiger partial charge in [0.15, 0.2) is 0 Å². The monoisotopic (exact) mass is 387 g/mol. The fourth-order valence-electron chi connectivity index (χ4n) is 2.55. The summed E-state index contributed by atoms with van der Waals surface area (Å²) in [5.41, 5.74) is 5.82. The van der Waals surface area contributed by atoms with Gasteiger partial charge >= 0.3 is 6.09 Å². The minimum atomic E-state index is -0.879. The van der Waals surface area contributed by atoms with Crippen LogP contribution in [0.1, 0.15) is 41.3 Å². The number of aryl methyl sites for hydroxylation is 2. The average molecular weight is 387 g/mol. The van der Waals surface area contributed by atoms with E-state index in [0.717, 1.165) is 5.56 Å². The standard InChI is InChI=1S/C20H25N3O5/c1-12(2)17(21-20(26)27-11-15-8-6-5-7-9-15)19(25)23-22-18(24)16-10-13(3)28-14(16)4/h5-10,12,17H,11H2,1-4H3,(H,21,26)(H,22,24)(H,23,25)/t17-/m0/s1. The van der Waals surface area contributed by atoms with Gasteiger partial charge in [0.1, 0.15) is 24.2 Å². The molecule has 0 aliphatic heterocycles.